The number of benzene rings is 3. The monoisotopic (exact) mass is 702 g/mol. The number of alkyl halides is 1. The summed E-state index contributed by atoms with van der Waals surface area (Å²) < 4.78 is 3.00. The summed E-state index contributed by atoms with van der Waals surface area (Å²) in [6.45, 7) is 0. The van der Waals surface area contributed by atoms with Crippen LogP contribution in [0.25, 0.3) is 22.4 Å². The number of hydrogen-bond acceptors (Lipinski definition) is 2. The zero-order chi connectivity index (χ0) is 29.3. The van der Waals surface area contributed by atoms with Gasteiger partial charge in [-0.05, 0) is 65.3 Å². The summed E-state index contributed by atoms with van der Waals surface area (Å²) in [7, 11) is 0. The lowest BCUT2D eigenvalue weighted by Gasteiger charge is -2.24. The molecule has 0 radical (unpaired) electrons. The van der Waals surface area contributed by atoms with Crippen LogP contribution in [0.2, 0.25) is 0 Å². The summed E-state index contributed by atoms with van der Waals surface area (Å²) in [4.78, 5) is 8.62. The molecule has 0 fully saturated rings. The number of halogens is 1. The Morgan fingerprint density at radius 3 is 2.36 bits per heavy atom. The summed E-state index contributed by atoms with van der Waals surface area (Å²) in [6, 6.07) is 26.4. The summed E-state index contributed by atoms with van der Waals surface area (Å²) in [6.07, 6.45) is 26.8. The molecule has 0 saturated carbocycles. The van der Waals surface area contributed by atoms with Crippen LogP contribution in [0, 0.1) is 5.92 Å². The van der Waals surface area contributed by atoms with Gasteiger partial charge in [0.2, 0.25) is 0 Å². The number of H-pyrrole nitrogens is 1. The number of imidazole rings is 1. The predicted octanol–water partition coefficient (Wildman–Crippen LogP) is 10.6. The molecule has 2 nitrogen and oxygen atoms in total. The molecule has 4 atom stereocenters. The summed E-state index contributed by atoms with van der Waals surface area (Å²) in [5, 5.41) is 0.638. The molecule has 4 aliphatic rings. The largest absolute Gasteiger partial charge is 0.338 e. The number of allylic oxidation sites excluding steroid dienone is 11. The van der Waals surface area contributed by atoms with Gasteiger partial charge in [0.15, 0.2) is 0 Å². The molecule has 0 amide bonds. The van der Waals surface area contributed by atoms with Crippen molar-refractivity contribution in [2.75, 3.05) is 4.43 Å². The number of aromatic nitrogens is 2. The van der Waals surface area contributed by atoms with Crippen LogP contribution in [-0.2, 0) is 0 Å². The van der Waals surface area contributed by atoms with Gasteiger partial charge in [-0.25, -0.2) is 4.98 Å². The van der Waals surface area contributed by atoms with E-state index in [0.29, 0.717) is 23.0 Å². The molecule has 1 N–H and O–H groups in total. The third-order valence-corrected chi connectivity index (χ3v) is 15.1. The van der Waals surface area contributed by atoms with Crippen LogP contribution in [0.1, 0.15) is 47.8 Å². The van der Waals surface area contributed by atoms with E-state index in [4.69, 9.17) is 4.98 Å². The van der Waals surface area contributed by atoms with Crippen LogP contribution in [0.4, 0.5) is 0 Å². The highest BCUT2D eigenvalue weighted by Crippen LogP contribution is 2.41. The maximum Gasteiger partial charge on any atom is 0.138 e. The number of fused-ring (bicyclic) bond motifs is 1. The Bertz CT molecular complexity index is 1890. The standard InChI is InChI=1S/C40H35IN2S/c1-3-9-30(10-4-1)34-24-23-33(25-35(34)40-42-36-13-7-8-14-37(36)43-40)29-17-15-27(16-18-29)28-19-21-31(22-20-28)38-26-41-39(44-38)32-11-5-2-6-12-32/h1-9,11-17,19,21-25,28-30,38H,10,18,20,26H2,(H,42,43)/t28-,29?,30?,38-/m1/s1. The van der Waals surface area contributed by atoms with Crippen LogP contribution >= 0.6 is 32.5 Å². The van der Waals surface area contributed by atoms with Crippen molar-refractivity contribution in [2.24, 2.45) is 5.92 Å². The van der Waals surface area contributed by atoms with Gasteiger partial charge in [0.1, 0.15) is 5.82 Å². The van der Waals surface area contributed by atoms with Crippen LogP contribution < -0.4 is 0 Å². The molecule has 2 unspecified atom stereocenters. The van der Waals surface area contributed by atoms with Gasteiger partial charge in [-0.2, -0.15) is 0 Å². The van der Waals surface area contributed by atoms with Crippen molar-refractivity contribution in [1.82, 2.24) is 9.97 Å². The third kappa shape index (κ3) is 5.70. The normalized spacial score (nSPS) is 24.6. The van der Waals surface area contributed by atoms with Gasteiger partial charge < -0.3 is 4.98 Å². The molecule has 4 aromatic rings. The zero-order valence-corrected chi connectivity index (χ0v) is 27.5. The first-order chi connectivity index (χ1) is 21.8. The summed E-state index contributed by atoms with van der Waals surface area (Å²) in [5.74, 6) is 2.19. The van der Waals surface area contributed by atoms with E-state index in [9.17, 15) is 0 Å². The predicted molar refractivity (Wildman–Crippen MR) is 198 cm³/mol. The minimum atomic E-state index is 0.119. The maximum absolute atomic E-state index is 5.01. The molecule has 4 heteroatoms. The Labute approximate surface area is 274 Å². The van der Waals surface area contributed by atoms with Gasteiger partial charge in [0.05, 0.1) is 11.0 Å². The minimum Gasteiger partial charge on any atom is -0.338 e. The third-order valence-electron chi connectivity index (χ3n) is 9.17. The first-order valence-corrected chi connectivity index (χ1v) is 19.1. The fourth-order valence-corrected chi connectivity index (χ4v) is 12.6. The van der Waals surface area contributed by atoms with Gasteiger partial charge in [-0.1, -0.05) is 115 Å². The second-order valence-electron chi connectivity index (χ2n) is 11.9. The van der Waals surface area contributed by atoms with Crippen LogP contribution in [0.5, 0.6) is 0 Å². The summed E-state index contributed by atoms with van der Waals surface area (Å²) >= 11 is 2.24. The van der Waals surface area contributed by atoms with Gasteiger partial charge in [-0.3, -0.25) is 0 Å². The molecule has 44 heavy (non-hydrogen) atoms. The minimum absolute atomic E-state index is 0.119. The van der Waals surface area contributed by atoms with Crippen molar-refractivity contribution < 1.29 is 0 Å². The number of hydrogen-bond donors (Lipinski definition) is 1. The Hall–Kier alpha value is -3.48. The SMILES string of the molecule is C1=CCC(c2ccc(C3C=CC([C@@H]4C=CC([C@H]5CI=C(c6ccccc6)S5)=CC4)=CC3)cc2-c2nc3ccccc3[nH]2)C=C1. The van der Waals surface area contributed by atoms with Crippen LogP contribution in [0.3, 0.4) is 0 Å². The van der Waals surface area contributed by atoms with E-state index >= 15 is 0 Å². The molecule has 0 spiro atoms. The first-order valence-electron chi connectivity index (χ1n) is 15.7. The van der Waals surface area contributed by atoms with Crippen molar-refractivity contribution >= 4 is 46.4 Å². The summed E-state index contributed by atoms with van der Waals surface area (Å²) in [5.41, 5.74) is 10.5. The van der Waals surface area contributed by atoms with E-state index in [0.717, 1.165) is 36.1 Å². The molecule has 1 aromatic heterocycles. The molecule has 3 aromatic carbocycles. The van der Waals surface area contributed by atoms with E-state index in [1.807, 2.05) is 0 Å². The molecular formula is C40H35IN2S. The smallest absolute Gasteiger partial charge is 0.138 e. The molecular weight excluding hydrogens is 667 g/mol. The molecule has 0 bridgehead atoms. The highest BCUT2D eigenvalue weighted by atomic mass is 127. The highest BCUT2D eigenvalue weighted by Gasteiger charge is 2.25. The molecule has 3 aliphatic carbocycles. The van der Waals surface area contributed by atoms with Crippen LogP contribution in [-0.4, -0.2) is 22.5 Å². The zero-order valence-electron chi connectivity index (χ0n) is 24.6. The van der Waals surface area contributed by atoms with E-state index in [-0.39, 0.29) is 20.7 Å². The van der Waals surface area contributed by atoms with Crippen molar-refractivity contribution in [3.63, 3.8) is 0 Å². The highest BCUT2D eigenvalue weighted by molar-refractivity contribution is 14.2. The average Bonchev–Trinajstić information content (AvgIpc) is 3.78. The first kappa shape index (κ1) is 28.0. The lowest BCUT2D eigenvalue weighted by molar-refractivity contribution is 0.743. The number of para-hydroxylation sites is 2. The van der Waals surface area contributed by atoms with E-state index in [2.05, 4.69) is 150 Å². The number of rotatable bonds is 6. The number of nitrogens with one attached hydrogen (secondary N) is 1. The maximum atomic E-state index is 5.01. The Morgan fingerprint density at radius 2 is 1.57 bits per heavy atom. The van der Waals surface area contributed by atoms with E-state index in [1.165, 1.54) is 37.8 Å². The molecule has 8 rings (SSSR count). The second kappa shape index (κ2) is 12.5. The lowest BCUT2D eigenvalue weighted by atomic mass is 9.81. The fraction of sp³-hybridized carbons (Fsp3) is 0.200. The molecule has 0 saturated heterocycles. The van der Waals surface area contributed by atoms with E-state index < -0.39 is 0 Å². The van der Waals surface area contributed by atoms with Crippen molar-refractivity contribution in [3.05, 3.63) is 161 Å². The number of thioether (sulfide) groups is 1. The van der Waals surface area contributed by atoms with Gasteiger partial charge in [0, 0.05) is 35.8 Å². The quantitative estimate of drug-likeness (QED) is 0.160. The van der Waals surface area contributed by atoms with Gasteiger partial charge in [-0.15, -0.1) is 32.5 Å². The Morgan fingerprint density at radius 1 is 0.750 bits per heavy atom. The Kier molecular flexibility index (Phi) is 7.96. The van der Waals surface area contributed by atoms with Gasteiger partial charge in [0.25, 0.3) is 0 Å². The number of aromatic amines is 1. The second-order valence-corrected chi connectivity index (χ2v) is 16.6. The van der Waals surface area contributed by atoms with Crippen molar-refractivity contribution in [3.8, 4) is 11.4 Å². The fourth-order valence-electron chi connectivity index (χ4n) is 6.71. The lowest BCUT2D eigenvalue weighted by Crippen LogP contribution is -2.12. The van der Waals surface area contributed by atoms with Crippen molar-refractivity contribution in [1.29, 1.82) is 0 Å². The average molecular weight is 703 g/mol. The Balaban J connectivity index is 0.971. The van der Waals surface area contributed by atoms with Crippen LogP contribution in [0.15, 0.2) is 145 Å². The molecule has 218 valence electrons. The van der Waals surface area contributed by atoms with Gasteiger partial charge >= 0.3 is 0 Å². The topological polar surface area (TPSA) is 28.7 Å². The molecule has 1 aliphatic heterocycles. The molecule has 2 heterocycles. The number of nitrogens with zero attached hydrogens (tertiary/aromatic N) is 1. The van der Waals surface area contributed by atoms with Crippen molar-refractivity contribution in [2.45, 2.75) is 36.3 Å². The van der Waals surface area contributed by atoms with E-state index in [1.54, 1.807) is 2.84 Å².